The lowest BCUT2D eigenvalue weighted by atomic mass is 9.87. The van der Waals surface area contributed by atoms with Crippen LogP contribution in [-0.4, -0.2) is 58.9 Å². The third-order valence-corrected chi connectivity index (χ3v) is 6.45. The van der Waals surface area contributed by atoms with Crippen molar-refractivity contribution in [2.24, 2.45) is 0 Å². The van der Waals surface area contributed by atoms with Gasteiger partial charge in [0, 0.05) is 36.7 Å². The molecule has 19 heavy (non-hydrogen) atoms. The van der Waals surface area contributed by atoms with Gasteiger partial charge in [-0.1, -0.05) is 19.3 Å². The van der Waals surface area contributed by atoms with Gasteiger partial charge in [-0.05, 0) is 25.7 Å². The minimum atomic E-state index is 0.371. The van der Waals surface area contributed by atoms with Crippen molar-refractivity contribution in [1.82, 2.24) is 9.80 Å². The second-order valence-corrected chi connectivity index (χ2v) is 7.95. The SMILES string of the molecule is O=C(CN1CCSC2(CCCCC2)C1)N1CCCC1. The molecule has 0 bridgehead atoms. The van der Waals surface area contributed by atoms with Crippen LogP contribution in [0.4, 0.5) is 0 Å². The largest absolute Gasteiger partial charge is 0.342 e. The van der Waals surface area contributed by atoms with Crippen LogP contribution in [0.25, 0.3) is 0 Å². The molecule has 0 aromatic heterocycles. The lowest BCUT2D eigenvalue weighted by Crippen LogP contribution is -2.50. The number of nitrogens with zero attached hydrogens (tertiary/aromatic N) is 2. The molecular formula is C15H26N2OS. The second-order valence-electron chi connectivity index (χ2n) is 6.39. The fourth-order valence-corrected chi connectivity index (χ4v) is 5.45. The maximum atomic E-state index is 12.3. The van der Waals surface area contributed by atoms with E-state index >= 15 is 0 Å². The van der Waals surface area contributed by atoms with Crippen LogP contribution in [0.1, 0.15) is 44.9 Å². The fourth-order valence-electron chi connectivity index (χ4n) is 3.81. The van der Waals surface area contributed by atoms with Gasteiger partial charge in [-0.25, -0.2) is 0 Å². The molecule has 0 atom stereocenters. The number of hydrogen-bond acceptors (Lipinski definition) is 3. The van der Waals surface area contributed by atoms with Crippen molar-refractivity contribution in [3.05, 3.63) is 0 Å². The fraction of sp³-hybridized carbons (Fsp3) is 0.933. The van der Waals surface area contributed by atoms with Gasteiger partial charge < -0.3 is 4.90 Å². The van der Waals surface area contributed by atoms with Crippen molar-refractivity contribution < 1.29 is 4.79 Å². The summed E-state index contributed by atoms with van der Waals surface area (Å²) in [6.45, 7) is 4.91. The molecule has 3 aliphatic rings. The molecule has 1 aliphatic carbocycles. The van der Waals surface area contributed by atoms with E-state index in [1.807, 2.05) is 0 Å². The van der Waals surface area contributed by atoms with E-state index in [1.165, 1.54) is 50.7 Å². The summed E-state index contributed by atoms with van der Waals surface area (Å²) >= 11 is 2.18. The normalized spacial score (nSPS) is 27.9. The van der Waals surface area contributed by atoms with Gasteiger partial charge in [0.05, 0.1) is 6.54 Å². The summed E-state index contributed by atoms with van der Waals surface area (Å²) in [7, 11) is 0. The number of thioether (sulfide) groups is 1. The molecule has 0 N–H and O–H groups in total. The Kier molecular flexibility index (Phi) is 4.37. The maximum absolute atomic E-state index is 12.3. The van der Waals surface area contributed by atoms with Gasteiger partial charge in [-0.15, -0.1) is 0 Å². The molecule has 0 radical (unpaired) electrons. The Morgan fingerprint density at radius 3 is 2.47 bits per heavy atom. The van der Waals surface area contributed by atoms with Gasteiger partial charge in [0.1, 0.15) is 0 Å². The van der Waals surface area contributed by atoms with Crippen LogP contribution in [0.3, 0.4) is 0 Å². The van der Waals surface area contributed by atoms with Gasteiger partial charge >= 0.3 is 0 Å². The molecule has 0 aromatic carbocycles. The average molecular weight is 282 g/mol. The lowest BCUT2D eigenvalue weighted by Gasteiger charge is -2.44. The minimum Gasteiger partial charge on any atom is -0.342 e. The highest BCUT2D eigenvalue weighted by Crippen LogP contribution is 2.42. The Morgan fingerprint density at radius 2 is 1.74 bits per heavy atom. The zero-order valence-electron chi connectivity index (χ0n) is 11.9. The first-order valence-electron chi connectivity index (χ1n) is 7.92. The van der Waals surface area contributed by atoms with Crippen molar-refractivity contribution in [2.75, 3.05) is 38.5 Å². The molecule has 2 heterocycles. The van der Waals surface area contributed by atoms with E-state index in [0.29, 0.717) is 17.2 Å². The first-order valence-corrected chi connectivity index (χ1v) is 8.90. The van der Waals surface area contributed by atoms with Crippen molar-refractivity contribution in [3.63, 3.8) is 0 Å². The number of hydrogen-bond donors (Lipinski definition) is 0. The van der Waals surface area contributed by atoms with Gasteiger partial charge in [0.2, 0.25) is 5.91 Å². The highest BCUT2D eigenvalue weighted by atomic mass is 32.2. The van der Waals surface area contributed by atoms with Crippen LogP contribution in [0, 0.1) is 0 Å². The van der Waals surface area contributed by atoms with Crippen LogP contribution >= 0.6 is 11.8 Å². The average Bonchev–Trinajstić information content (AvgIpc) is 2.93. The van der Waals surface area contributed by atoms with E-state index in [0.717, 1.165) is 26.2 Å². The number of amides is 1. The van der Waals surface area contributed by atoms with Crippen LogP contribution in [0.2, 0.25) is 0 Å². The molecule has 0 aromatic rings. The van der Waals surface area contributed by atoms with E-state index in [9.17, 15) is 4.79 Å². The zero-order valence-corrected chi connectivity index (χ0v) is 12.7. The Balaban J connectivity index is 1.54. The molecule has 1 spiro atoms. The van der Waals surface area contributed by atoms with Crippen molar-refractivity contribution in [2.45, 2.75) is 49.7 Å². The van der Waals surface area contributed by atoms with Crippen LogP contribution < -0.4 is 0 Å². The summed E-state index contributed by atoms with van der Waals surface area (Å²) < 4.78 is 0.488. The predicted octanol–water partition coefficient (Wildman–Crippen LogP) is 2.36. The molecule has 1 saturated carbocycles. The van der Waals surface area contributed by atoms with E-state index < -0.39 is 0 Å². The Labute approximate surface area is 121 Å². The Bertz CT molecular complexity index is 317. The third kappa shape index (κ3) is 3.27. The van der Waals surface area contributed by atoms with E-state index in [1.54, 1.807) is 0 Å². The predicted molar refractivity (Wildman–Crippen MR) is 80.5 cm³/mol. The summed E-state index contributed by atoms with van der Waals surface area (Å²) in [4.78, 5) is 16.8. The van der Waals surface area contributed by atoms with E-state index in [-0.39, 0.29) is 0 Å². The molecule has 1 amide bonds. The standard InChI is InChI=1S/C15H26N2OS/c18-14(17-8-4-5-9-17)12-16-10-11-19-15(13-16)6-2-1-3-7-15/h1-13H2. The molecule has 4 heteroatoms. The van der Waals surface area contributed by atoms with Crippen LogP contribution in [-0.2, 0) is 4.79 Å². The Morgan fingerprint density at radius 1 is 1.00 bits per heavy atom. The molecule has 3 nitrogen and oxygen atoms in total. The van der Waals surface area contributed by atoms with Gasteiger partial charge in [-0.2, -0.15) is 11.8 Å². The number of carbonyl (C=O) groups excluding carboxylic acids is 1. The maximum Gasteiger partial charge on any atom is 0.236 e. The number of likely N-dealkylation sites (tertiary alicyclic amines) is 1. The Hall–Kier alpha value is -0.220. The van der Waals surface area contributed by atoms with Crippen molar-refractivity contribution >= 4 is 17.7 Å². The van der Waals surface area contributed by atoms with Crippen LogP contribution in [0.5, 0.6) is 0 Å². The smallest absolute Gasteiger partial charge is 0.236 e. The molecule has 0 unspecified atom stereocenters. The molecule has 3 fully saturated rings. The molecule has 2 aliphatic heterocycles. The highest BCUT2D eigenvalue weighted by molar-refractivity contribution is 8.00. The van der Waals surface area contributed by atoms with Gasteiger partial charge in [0.25, 0.3) is 0 Å². The summed E-state index contributed by atoms with van der Waals surface area (Å²) in [6, 6.07) is 0. The first-order chi connectivity index (χ1) is 9.27. The third-order valence-electron chi connectivity index (χ3n) is 4.91. The van der Waals surface area contributed by atoms with Crippen LogP contribution in [0.15, 0.2) is 0 Å². The monoisotopic (exact) mass is 282 g/mol. The second kappa shape index (κ2) is 6.04. The zero-order chi connectivity index (χ0) is 13.1. The summed E-state index contributed by atoms with van der Waals surface area (Å²) in [6.07, 6.45) is 9.33. The van der Waals surface area contributed by atoms with E-state index in [4.69, 9.17) is 0 Å². The molecule has 3 rings (SSSR count). The summed E-state index contributed by atoms with van der Waals surface area (Å²) in [5.74, 6) is 1.59. The summed E-state index contributed by atoms with van der Waals surface area (Å²) in [5, 5.41) is 0. The van der Waals surface area contributed by atoms with Gasteiger partial charge in [-0.3, -0.25) is 9.69 Å². The number of carbonyl (C=O) groups is 1. The quantitative estimate of drug-likeness (QED) is 0.777. The van der Waals surface area contributed by atoms with Crippen molar-refractivity contribution in [3.8, 4) is 0 Å². The molecular weight excluding hydrogens is 256 g/mol. The van der Waals surface area contributed by atoms with Gasteiger partial charge in [0.15, 0.2) is 0 Å². The molecule has 2 saturated heterocycles. The highest BCUT2D eigenvalue weighted by Gasteiger charge is 2.37. The van der Waals surface area contributed by atoms with Crippen molar-refractivity contribution in [1.29, 1.82) is 0 Å². The minimum absolute atomic E-state index is 0.371. The first kappa shape index (κ1) is 13.7. The molecule has 108 valence electrons. The number of rotatable bonds is 2. The topological polar surface area (TPSA) is 23.6 Å². The lowest BCUT2D eigenvalue weighted by molar-refractivity contribution is -0.131. The van der Waals surface area contributed by atoms with E-state index in [2.05, 4.69) is 21.6 Å². The summed E-state index contributed by atoms with van der Waals surface area (Å²) in [5.41, 5.74) is 0.